The van der Waals surface area contributed by atoms with E-state index >= 15 is 0 Å². The van der Waals surface area contributed by atoms with Crippen molar-refractivity contribution in [1.82, 2.24) is 4.90 Å². The van der Waals surface area contributed by atoms with E-state index in [0.717, 1.165) is 43.3 Å². The van der Waals surface area contributed by atoms with Crippen LogP contribution < -0.4 is 5.73 Å². The van der Waals surface area contributed by atoms with E-state index in [2.05, 4.69) is 11.8 Å². The minimum absolute atomic E-state index is 0.498. The fraction of sp³-hybridized carbons (Fsp3) is 0.538. The van der Waals surface area contributed by atoms with Crippen molar-refractivity contribution in [3.8, 4) is 0 Å². The number of hydrogen-bond donors (Lipinski definition) is 1. The van der Waals surface area contributed by atoms with Crippen LogP contribution >= 0.6 is 11.6 Å². The third-order valence-electron chi connectivity index (χ3n) is 3.27. The molecule has 1 saturated heterocycles. The minimum atomic E-state index is 0.498. The Morgan fingerprint density at radius 2 is 2.35 bits per heavy atom. The summed E-state index contributed by atoms with van der Waals surface area (Å²) in [5.41, 5.74) is 7.55. The second-order valence-corrected chi connectivity index (χ2v) is 4.87. The van der Waals surface area contributed by atoms with Crippen molar-refractivity contribution in [2.45, 2.75) is 25.9 Å². The van der Waals surface area contributed by atoms with E-state index in [4.69, 9.17) is 22.1 Å². The highest BCUT2D eigenvalue weighted by molar-refractivity contribution is 6.31. The largest absolute Gasteiger partial charge is 0.399 e. The third-order valence-corrected chi connectivity index (χ3v) is 3.62. The van der Waals surface area contributed by atoms with Crippen molar-refractivity contribution in [3.05, 3.63) is 28.8 Å². The van der Waals surface area contributed by atoms with Crippen LogP contribution in [0.15, 0.2) is 18.2 Å². The van der Waals surface area contributed by atoms with Gasteiger partial charge in [-0.25, -0.2) is 0 Å². The summed E-state index contributed by atoms with van der Waals surface area (Å²) in [4.78, 5) is 2.43. The first-order valence-electron chi connectivity index (χ1n) is 6.06. The quantitative estimate of drug-likeness (QED) is 0.843. The molecule has 1 atom stereocenters. The van der Waals surface area contributed by atoms with Crippen LogP contribution in [-0.4, -0.2) is 30.7 Å². The molecule has 94 valence electrons. The standard InChI is InChI=1S/C13H19ClN2O/c1-2-12-9-17-6-5-16(12)8-10-3-4-11(15)7-13(10)14/h3-4,7,12H,2,5-6,8-9,15H2,1H3. The van der Waals surface area contributed by atoms with Crippen LogP contribution in [0, 0.1) is 0 Å². The highest BCUT2D eigenvalue weighted by Crippen LogP contribution is 2.22. The molecule has 2 N–H and O–H groups in total. The fourth-order valence-corrected chi connectivity index (χ4v) is 2.43. The van der Waals surface area contributed by atoms with Gasteiger partial charge in [0.1, 0.15) is 0 Å². The van der Waals surface area contributed by atoms with Crippen LogP contribution in [0.25, 0.3) is 0 Å². The van der Waals surface area contributed by atoms with Gasteiger partial charge in [-0.1, -0.05) is 24.6 Å². The summed E-state index contributed by atoms with van der Waals surface area (Å²) in [6, 6.07) is 6.23. The molecular weight excluding hydrogens is 236 g/mol. The molecule has 1 aliphatic rings. The molecule has 0 spiro atoms. The Kier molecular flexibility index (Phi) is 4.26. The average Bonchev–Trinajstić information content (AvgIpc) is 2.33. The van der Waals surface area contributed by atoms with Crippen molar-refractivity contribution in [3.63, 3.8) is 0 Å². The molecule has 2 rings (SSSR count). The number of anilines is 1. The van der Waals surface area contributed by atoms with Gasteiger partial charge >= 0.3 is 0 Å². The number of rotatable bonds is 3. The lowest BCUT2D eigenvalue weighted by atomic mass is 10.1. The number of ether oxygens (including phenoxy) is 1. The van der Waals surface area contributed by atoms with Crippen LogP contribution in [0.1, 0.15) is 18.9 Å². The Bertz CT molecular complexity index is 384. The second-order valence-electron chi connectivity index (χ2n) is 4.46. The summed E-state index contributed by atoms with van der Waals surface area (Å²) < 4.78 is 5.50. The summed E-state index contributed by atoms with van der Waals surface area (Å²) in [6.07, 6.45) is 1.10. The van der Waals surface area contributed by atoms with Gasteiger partial charge in [0.15, 0.2) is 0 Å². The fourth-order valence-electron chi connectivity index (χ4n) is 2.18. The first-order valence-corrected chi connectivity index (χ1v) is 6.44. The predicted molar refractivity (Wildman–Crippen MR) is 71.2 cm³/mol. The van der Waals surface area contributed by atoms with E-state index in [1.807, 2.05) is 18.2 Å². The highest BCUT2D eigenvalue weighted by Gasteiger charge is 2.21. The molecule has 17 heavy (non-hydrogen) atoms. The van der Waals surface area contributed by atoms with Crippen molar-refractivity contribution in [2.24, 2.45) is 0 Å². The molecule has 4 heteroatoms. The van der Waals surface area contributed by atoms with E-state index in [-0.39, 0.29) is 0 Å². The summed E-state index contributed by atoms with van der Waals surface area (Å²) in [7, 11) is 0. The monoisotopic (exact) mass is 254 g/mol. The van der Waals surface area contributed by atoms with Crippen LogP contribution in [0.5, 0.6) is 0 Å². The Balaban J connectivity index is 2.08. The van der Waals surface area contributed by atoms with Gasteiger partial charge in [-0.3, -0.25) is 4.90 Å². The summed E-state index contributed by atoms with van der Waals surface area (Å²) in [5.74, 6) is 0. The maximum atomic E-state index is 6.20. The molecule has 1 aliphatic heterocycles. The first kappa shape index (κ1) is 12.7. The molecule has 0 saturated carbocycles. The molecule has 1 unspecified atom stereocenters. The van der Waals surface area contributed by atoms with E-state index < -0.39 is 0 Å². The van der Waals surface area contributed by atoms with Gasteiger partial charge in [-0.2, -0.15) is 0 Å². The van der Waals surface area contributed by atoms with E-state index in [1.165, 1.54) is 0 Å². The lowest BCUT2D eigenvalue weighted by Gasteiger charge is -2.35. The van der Waals surface area contributed by atoms with Crippen LogP contribution in [-0.2, 0) is 11.3 Å². The first-order chi connectivity index (χ1) is 8.20. The zero-order valence-corrected chi connectivity index (χ0v) is 10.9. The smallest absolute Gasteiger partial charge is 0.0622 e. The molecule has 0 aliphatic carbocycles. The van der Waals surface area contributed by atoms with Crippen LogP contribution in [0.2, 0.25) is 5.02 Å². The van der Waals surface area contributed by atoms with Gasteiger partial charge in [0.2, 0.25) is 0 Å². The lowest BCUT2D eigenvalue weighted by molar-refractivity contribution is -0.0127. The number of morpholine rings is 1. The maximum absolute atomic E-state index is 6.20. The summed E-state index contributed by atoms with van der Waals surface area (Å²) >= 11 is 6.20. The van der Waals surface area contributed by atoms with E-state index in [9.17, 15) is 0 Å². The molecule has 0 radical (unpaired) electrons. The molecule has 1 fully saturated rings. The normalized spacial score (nSPS) is 21.6. The number of halogens is 1. The van der Waals surface area contributed by atoms with Gasteiger partial charge in [0.05, 0.1) is 13.2 Å². The van der Waals surface area contributed by atoms with Gasteiger partial charge in [-0.15, -0.1) is 0 Å². The number of hydrogen-bond acceptors (Lipinski definition) is 3. The van der Waals surface area contributed by atoms with E-state index in [0.29, 0.717) is 11.7 Å². The Morgan fingerprint density at radius 3 is 3.06 bits per heavy atom. The van der Waals surface area contributed by atoms with Crippen molar-refractivity contribution in [2.75, 3.05) is 25.5 Å². The number of nitrogens with two attached hydrogens (primary N) is 1. The summed E-state index contributed by atoms with van der Waals surface area (Å²) in [6.45, 7) is 5.67. The van der Waals surface area contributed by atoms with Crippen molar-refractivity contribution in [1.29, 1.82) is 0 Å². The van der Waals surface area contributed by atoms with Gasteiger partial charge in [0, 0.05) is 29.8 Å². The Morgan fingerprint density at radius 1 is 1.53 bits per heavy atom. The summed E-state index contributed by atoms with van der Waals surface area (Å²) in [5, 5.41) is 0.756. The van der Waals surface area contributed by atoms with Gasteiger partial charge in [0.25, 0.3) is 0 Å². The van der Waals surface area contributed by atoms with Crippen LogP contribution in [0.4, 0.5) is 5.69 Å². The van der Waals surface area contributed by atoms with Gasteiger partial charge in [-0.05, 0) is 24.1 Å². The minimum Gasteiger partial charge on any atom is -0.399 e. The molecule has 0 amide bonds. The molecule has 1 aromatic rings. The SMILES string of the molecule is CCC1COCCN1Cc1ccc(N)cc1Cl. The second kappa shape index (κ2) is 5.71. The van der Waals surface area contributed by atoms with E-state index in [1.54, 1.807) is 0 Å². The molecular formula is C13H19ClN2O. The third kappa shape index (κ3) is 3.12. The van der Waals surface area contributed by atoms with Crippen molar-refractivity contribution < 1.29 is 4.74 Å². The molecule has 0 aromatic heterocycles. The Labute approximate surface area is 107 Å². The maximum Gasteiger partial charge on any atom is 0.0622 e. The number of nitrogen functional groups attached to an aromatic ring is 1. The average molecular weight is 255 g/mol. The topological polar surface area (TPSA) is 38.5 Å². The predicted octanol–water partition coefficient (Wildman–Crippen LogP) is 2.53. The molecule has 1 aromatic carbocycles. The molecule has 1 heterocycles. The lowest BCUT2D eigenvalue weighted by Crippen LogP contribution is -2.44. The molecule has 3 nitrogen and oxygen atoms in total. The van der Waals surface area contributed by atoms with Crippen LogP contribution in [0.3, 0.4) is 0 Å². The zero-order valence-electron chi connectivity index (χ0n) is 10.2. The Hall–Kier alpha value is -0.770. The van der Waals surface area contributed by atoms with Crippen molar-refractivity contribution >= 4 is 17.3 Å². The molecule has 0 bridgehead atoms. The number of nitrogens with zero attached hydrogens (tertiary/aromatic N) is 1. The zero-order chi connectivity index (χ0) is 12.3. The number of benzene rings is 1. The van der Waals surface area contributed by atoms with Gasteiger partial charge < -0.3 is 10.5 Å². The highest BCUT2D eigenvalue weighted by atomic mass is 35.5.